The molecule has 0 atom stereocenters. The predicted octanol–water partition coefficient (Wildman–Crippen LogP) is 4.44. The Morgan fingerprint density at radius 2 is 1.94 bits per heavy atom. The van der Waals surface area contributed by atoms with Crippen molar-refractivity contribution in [1.29, 1.82) is 5.26 Å². The van der Waals surface area contributed by atoms with Crippen molar-refractivity contribution in [3.05, 3.63) is 66.2 Å². The molecule has 0 aliphatic heterocycles. The van der Waals surface area contributed by atoms with Crippen LogP contribution in [0.25, 0.3) is 11.3 Å². The minimum atomic E-state index is -0.792. The van der Waals surface area contributed by atoms with Crippen molar-refractivity contribution >= 4 is 17.6 Å². The first-order valence-corrected chi connectivity index (χ1v) is 10.9. The number of nitrogens with zero attached hydrogens (tertiary/aromatic N) is 3. The normalized spacial score (nSPS) is 10.5. The molecule has 35 heavy (non-hydrogen) atoms. The zero-order chi connectivity index (χ0) is 25.2. The maximum atomic E-state index is 13.9. The number of ether oxygens (including phenoxy) is 2. The lowest BCUT2D eigenvalue weighted by molar-refractivity contribution is -0.147. The molecule has 0 aliphatic carbocycles. The van der Waals surface area contributed by atoms with Gasteiger partial charge in [0.1, 0.15) is 17.4 Å². The summed E-state index contributed by atoms with van der Waals surface area (Å²) < 4.78 is 42.9. The van der Waals surface area contributed by atoms with E-state index in [1.165, 1.54) is 17.2 Å². The van der Waals surface area contributed by atoms with Gasteiger partial charge in [-0.3, -0.25) is 9.59 Å². The maximum absolute atomic E-state index is 13.9. The van der Waals surface area contributed by atoms with E-state index in [2.05, 4.69) is 4.98 Å². The van der Waals surface area contributed by atoms with Crippen molar-refractivity contribution in [1.82, 2.24) is 4.98 Å². The molecule has 182 valence electrons. The second kappa shape index (κ2) is 12.3. The Morgan fingerprint density at radius 3 is 2.63 bits per heavy atom. The molecule has 0 radical (unpaired) electrons. The smallest absolute Gasteiger partial charge is 0.306 e. The van der Waals surface area contributed by atoms with Gasteiger partial charge in [0, 0.05) is 24.7 Å². The van der Waals surface area contributed by atoms with E-state index in [-0.39, 0.29) is 43.0 Å². The standard InChI is InChI=1S/C25H23F2N3O5/c1-2-33-19-7-5-18(6-8-19)30(13-3-12-28)24(31)16-34-25(32)11-10-23-29-15-22(35-23)20-9-4-17(26)14-21(20)27/h4-9,14-15H,2-3,10-11,13,16H2,1H3. The van der Waals surface area contributed by atoms with Gasteiger partial charge in [0.05, 0.1) is 37.3 Å². The number of hydrogen-bond acceptors (Lipinski definition) is 7. The average molecular weight is 483 g/mol. The molecule has 3 rings (SSSR count). The van der Waals surface area contributed by atoms with Crippen molar-refractivity contribution in [2.75, 3.05) is 24.7 Å². The van der Waals surface area contributed by atoms with Crippen LogP contribution in [-0.4, -0.2) is 36.6 Å². The number of aromatic nitrogens is 1. The van der Waals surface area contributed by atoms with Crippen molar-refractivity contribution in [3.8, 4) is 23.1 Å². The highest BCUT2D eigenvalue weighted by molar-refractivity contribution is 5.95. The quantitative estimate of drug-likeness (QED) is 0.371. The molecule has 0 unspecified atom stereocenters. The van der Waals surface area contributed by atoms with Gasteiger partial charge in [0.25, 0.3) is 5.91 Å². The monoisotopic (exact) mass is 483 g/mol. The lowest BCUT2D eigenvalue weighted by atomic mass is 10.2. The van der Waals surface area contributed by atoms with Crippen LogP contribution in [0, 0.1) is 23.0 Å². The van der Waals surface area contributed by atoms with Crippen LogP contribution in [0.3, 0.4) is 0 Å². The highest BCUT2D eigenvalue weighted by atomic mass is 19.1. The Bertz CT molecular complexity index is 1200. The molecule has 0 spiro atoms. The van der Waals surface area contributed by atoms with Crippen LogP contribution in [0.2, 0.25) is 0 Å². The number of aryl methyl sites for hydroxylation is 1. The number of anilines is 1. The number of carbonyl (C=O) groups is 2. The summed E-state index contributed by atoms with van der Waals surface area (Å²) in [5.74, 6) is -1.73. The molecule has 0 aliphatic rings. The molecule has 0 saturated heterocycles. The number of carbonyl (C=O) groups excluding carboxylic acids is 2. The molecule has 0 saturated carbocycles. The second-order valence-electron chi connectivity index (χ2n) is 7.28. The minimum absolute atomic E-state index is 0.0464. The maximum Gasteiger partial charge on any atom is 0.306 e. The molecule has 1 heterocycles. The summed E-state index contributed by atoms with van der Waals surface area (Å²) in [6, 6.07) is 11.9. The molecule has 0 N–H and O–H groups in total. The molecule has 0 fully saturated rings. The van der Waals surface area contributed by atoms with Crippen molar-refractivity contribution < 1.29 is 32.3 Å². The number of amides is 1. The van der Waals surface area contributed by atoms with E-state index in [9.17, 15) is 18.4 Å². The van der Waals surface area contributed by atoms with E-state index in [1.807, 2.05) is 13.0 Å². The molecule has 0 bridgehead atoms. The van der Waals surface area contributed by atoms with Gasteiger partial charge in [-0.05, 0) is 43.3 Å². The van der Waals surface area contributed by atoms with E-state index in [1.54, 1.807) is 24.3 Å². The van der Waals surface area contributed by atoms with Crippen molar-refractivity contribution in [2.24, 2.45) is 0 Å². The van der Waals surface area contributed by atoms with Crippen molar-refractivity contribution in [3.63, 3.8) is 0 Å². The molecule has 10 heteroatoms. The highest BCUT2D eigenvalue weighted by Crippen LogP contribution is 2.25. The largest absolute Gasteiger partial charge is 0.494 e. The number of nitriles is 1. The third-order valence-corrected chi connectivity index (χ3v) is 4.86. The summed E-state index contributed by atoms with van der Waals surface area (Å²) in [6.07, 6.45) is 1.33. The van der Waals surface area contributed by atoms with Crippen LogP contribution in [0.1, 0.15) is 25.7 Å². The zero-order valence-corrected chi connectivity index (χ0v) is 19.0. The molecular weight excluding hydrogens is 460 g/mol. The Hall–Kier alpha value is -4.26. The zero-order valence-electron chi connectivity index (χ0n) is 19.0. The molecule has 8 nitrogen and oxygen atoms in total. The Morgan fingerprint density at radius 1 is 1.17 bits per heavy atom. The van der Waals surface area contributed by atoms with Gasteiger partial charge in [-0.1, -0.05) is 0 Å². The fraction of sp³-hybridized carbons (Fsp3) is 0.280. The average Bonchev–Trinajstić information content (AvgIpc) is 3.31. The van der Waals surface area contributed by atoms with E-state index in [4.69, 9.17) is 19.2 Å². The first-order valence-electron chi connectivity index (χ1n) is 10.9. The third-order valence-electron chi connectivity index (χ3n) is 4.86. The summed E-state index contributed by atoms with van der Waals surface area (Å²) in [5, 5.41) is 8.91. The highest BCUT2D eigenvalue weighted by Gasteiger charge is 2.19. The first-order chi connectivity index (χ1) is 16.9. The Kier molecular flexibility index (Phi) is 8.89. The van der Waals surface area contributed by atoms with Gasteiger partial charge in [-0.2, -0.15) is 5.26 Å². The summed E-state index contributed by atoms with van der Waals surface area (Å²) in [4.78, 5) is 30.2. The van der Waals surface area contributed by atoms with Crippen LogP contribution in [-0.2, 0) is 20.7 Å². The second-order valence-corrected chi connectivity index (χ2v) is 7.28. The number of rotatable bonds is 11. The number of halogens is 2. The van der Waals surface area contributed by atoms with Crippen LogP contribution in [0.4, 0.5) is 14.5 Å². The SMILES string of the molecule is CCOc1ccc(N(CCC#N)C(=O)COC(=O)CCc2ncc(-c3ccc(F)cc3F)o2)cc1. The van der Waals surface area contributed by atoms with Gasteiger partial charge in [0.2, 0.25) is 0 Å². The lowest BCUT2D eigenvalue weighted by Crippen LogP contribution is -2.35. The molecular formula is C25H23F2N3O5. The van der Waals surface area contributed by atoms with Crippen LogP contribution in [0.15, 0.2) is 53.1 Å². The third kappa shape index (κ3) is 7.11. The molecule has 1 amide bonds. The van der Waals surface area contributed by atoms with Crippen molar-refractivity contribution in [2.45, 2.75) is 26.2 Å². The van der Waals surface area contributed by atoms with E-state index in [0.29, 0.717) is 18.0 Å². The van der Waals surface area contributed by atoms with Gasteiger partial charge in [0.15, 0.2) is 18.3 Å². The van der Waals surface area contributed by atoms with Gasteiger partial charge in [-0.15, -0.1) is 0 Å². The molecule has 1 aromatic heterocycles. The predicted molar refractivity (Wildman–Crippen MR) is 121 cm³/mol. The lowest BCUT2D eigenvalue weighted by Gasteiger charge is -2.22. The molecule has 2 aromatic carbocycles. The fourth-order valence-corrected chi connectivity index (χ4v) is 3.19. The minimum Gasteiger partial charge on any atom is -0.494 e. The fourth-order valence-electron chi connectivity index (χ4n) is 3.19. The topological polar surface area (TPSA) is 106 Å². The summed E-state index contributed by atoms with van der Waals surface area (Å²) in [6.45, 7) is 2.00. The number of benzene rings is 2. The van der Waals surface area contributed by atoms with Gasteiger partial charge in [-0.25, -0.2) is 13.8 Å². The first kappa shape index (κ1) is 25.4. The Balaban J connectivity index is 1.53. The van der Waals surface area contributed by atoms with E-state index < -0.39 is 30.1 Å². The number of esters is 1. The van der Waals surface area contributed by atoms with Gasteiger partial charge < -0.3 is 18.8 Å². The Labute approximate surface area is 200 Å². The summed E-state index contributed by atoms with van der Waals surface area (Å²) >= 11 is 0. The summed E-state index contributed by atoms with van der Waals surface area (Å²) in [7, 11) is 0. The summed E-state index contributed by atoms with van der Waals surface area (Å²) in [5.41, 5.74) is 0.593. The van der Waals surface area contributed by atoms with E-state index >= 15 is 0 Å². The number of oxazole rings is 1. The molecule has 3 aromatic rings. The van der Waals surface area contributed by atoms with E-state index in [0.717, 1.165) is 12.1 Å². The van der Waals surface area contributed by atoms with Gasteiger partial charge >= 0.3 is 5.97 Å². The number of hydrogen-bond donors (Lipinski definition) is 0. The van der Waals surface area contributed by atoms with Crippen LogP contribution in [0.5, 0.6) is 5.75 Å². The van der Waals surface area contributed by atoms with Crippen LogP contribution < -0.4 is 9.64 Å². The van der Waals surface area contributed by atoms with Crippen LogP contribution >= 0.6 is 0 Å².